The van der Waals surface area contributed by atoms with E-state index in [0.29, 0.717) is 6.42 Å². The Balaban J connectivity index is 1.61. The first-order chi connectivity index (χ1) is 46.6. The van der Waals surface area contributed by atoms with E-state index < -0.39 is 86.8 Å². The first-order valence-electron chi connectivity index (χ1n) is 39.7. The molecule has 2 heterocycles. The molecular weight excluding hydrogens is 1190 g/mol. The van der Waals surface area contributed by atoms with Gasteiger partial charge in [0.25, 0.3) is 0 Å². The van der Waals surface area contributed by atoms with E-state index in [1.54, 1.807) is 6.08 Å². The van der Waals surface area contributed by atoms with Gasteiger partial charge in [-0.1, -0.05) is 344 Å². The van der Waals surface area contributed by atoms with Crippen molar-refractivity contribution in [2.45, 2.75) is 415 Å². The van der Waals surface area contributed by atoms with Gasteiger partial charge in [-0.25, -0.2) is 0 Å². The minimum absolute atomic E-state index is 0.234. The number of ether oxygens (including phenoxy) is 4. The first-order valence-corrected chi connectivity index (χ1v) is 39.7. The van der Waals surface area contributed by atoms with Crippen LogP contribution >= 0.6 is 0 Å². The standard InChI is InChI=1S/C81H147NO13/c1-3-5-7-9-11-13-15-17-19-21-23-25-27-29-31-32-33-34-35-36-37-38-39-41-43-45-47-49-51-53-55-57-59-61-63-65-73(86)82-69(68-92-80-78(91)76(89)79(72(67-84)94-80)95-81-77(90)75(88)74(87)71(66-83)93-81)70(85)64-62-60-58-56-54-52-50-48-46-44-42-40-30-28-26-24-22-20-18-16-14-12-10-8-6-4-2/h5,7,11,13,17,19,23,25,29,31,62,64,69-72,74-81,83-85,87-91H,3-4,6,8-10,12,14-16,18,20-22,24,26-28,30,32-61,63,65-68H2,1-2H3,(H,82,86)/b7-5-,13-11-,19-17-,25-23-,31-29-,64-62+. The second kappa shape index (κ2) is 64.8. The van der Waals surface area contributed by atoms with E-state index >= 15 is 0 Å². The lowest BCUT2D eigenvalue weighted by molar-refractivity contribution is -0.359. The lowest BCUT2D eigenvalue weighted by Gasteiger charge is -2.46. The fourth-order valence-electron chi connectivity index (χ4n) is 12.9. The number of carbonyl (C=O) groups is 1. The molecule has 0 bridgehead atoms. The molecule has 0 saturated carbocycles. The zero-order valence-corrected chi connectivity index (χ0v) is 60.7. The minimum Gasteiger partial charge on any atom is -0.394 e. The molecule has 0 radical (unpaired) electrons. The predicted molar refractivity (Wildman–Crippen MR) is 392 cm³/mol. The van der Waals surface area contributed by atoms with Crippen LogP contribution in [0.5, 0.6) is 0 Å². The number of rotatable bonds is 66. The van der Waals surface area contributed by atoms with Gasteiger partial charge in [-0.05, 0) is 64.2 Å². The minimum atomic E-state index is -1.79. The first kappa shape index (κ1) is 88.5. The number of allylic oxidation sites excluding steroid dienone is 11. The van der Waals surface area contributed by atoms with Gasteiger partial charge in [0.2, 0.25) is 5.91 Å². The smallest absolute Gasteiger partial charge is 0.220 e. The van der Waals surface area contributed by atoms with Crippen molar-refractivity contribution in [3.05, 3.63) is 72.9 Å². The molecule has 12 unspecified atom stereocenters. The molecule has 0 aromatic rings. The van der Waals surface area contributed by atoms with Crippen LogP contribution in [0, 0.1) is 0 Å². The summed E-state index contributed by atoms with van der Waals surface area (Å²) in [6, 6.07) is -0.918. The highest BCUT2D eigenvalue weighted by molar-refractivity contribution is 5.76. The van der Waals surface area contributed by atoms with Crippen LogP contribution < -0.4 is 5.32 Å². The van der Waals surface area contributed by atoms with Crippen LogP contribution in [0.4, 0.5) is 0 Å². The second-order valence-corrected chi connectivity index (χ2v) is 27.8. The van der Waals surface area contributed by atoms with E-state index in [1.165, 1.54) is 244 Å². The van der Waals surface area contributed by atoms with Gasteiger partial charge in [0.1, 0.15) is 48.8 Å². The van der Waals surface area contributed by atoms with Crippen molar-refractivity contribution in [3.63, 3.8) is 0 Å². The van der Waals surface area contributed by atoms with E-state index in [1.807, 2.05) is 6.08 Å². The van der Waals surface area contributed by atoms with Gasteiger partial charge in [-0.2, -0.15) is 0 Å². The van der Waals surface area contributed by atoms with Gasteiger partial charge >= 0.3 is 0 Å². The summed E-state index contributed by atoms with van der Waals surface area (Å²) in [5.41, 5.74) is 0. The fraction of sp³-hybridized carbons (Fsp3) is 0.840. The van der Waals surface area contributed by atoms with Gasteiger partial charge in [-0.15, -0.1) is 0 Å². The topological polar surface area (TPSA) is 228 Å². The number of hydrogen-bond acceptors (Lipinski definition) is 13. The van der Waals surface area contributed by atoms with Gasteiger partial charge < -0.3 is 65.1 Å². The molecular formula is C81H147NO13. The Morgan fingerprint density at radius 1 is 0.389 bits per heavy atom. The van der Waals surface area contributed by atoms with E-state index in [-0.39, 0.29) is 18.9 Å². The Morgan fingerprint density at radius 3 is 1.12 bits per heavy atom. The Morgan fingerprint density at radius 2 is 0.726 bits per heavy atom. The molecule has 0 spiro atoms. The molecule has 12 atom stereocenters. The quantitative estimate of drug-likeness (QED) is 0.0204. The maximum absolute atomic E-state index is 13.4. The lowest BCUT2D eigenvalue weighted by Crippen LogP contribution is -2.65. The summed E-state index contributed by atoms with van der Waals surface area (Å²) in [4.78, 5) is 13.4. The van der Waals surface area contributed by atoms with Crippen LogP contribution in [-0.2, 0) is 23.7 Å². The van der Waals surface area contributed by atoms with Crippen molar-refractivity contribution in [1.29, 1.82) is 0 Å². The predicted octanol–water partition coefficient (Wildman–Crippen LogP) is 17.7. The third-order valence-electron chi connectivity index (χ3n) is 19.1. The lowest BCUT2D eigenvalue weighted by atomic mass is 9.97. The van der Waals surface area contributed by atoms with Gasteiger partial charge in [0, 0.05) is 6.42 Å². The molecule has 2 aliphatic heterocycles. The van der Waals surface area contributed by atoms with Crippen LogP contribution in [0.2, 0.25) is 0 Å². The van der Waals surface area contributed by atoms with Crippen molar-refractivity contribution >= 4 is 5.91 Å². The van der Waals surface area contributed by atoms with E-state index in [2.05, 4.69) is 79.9 Å². The highest BCUT2D eigenvalue weighted by Crippen LogP contribution is 2.30. The zero-order chi connectivity index (χ0) is 68.7. The van der Waals surface area contributed by atoms with E-state index in [9.17, 15) is 45.6 Å². The summed E-state index contributed by atoms with van der Waals surface area (Å²) in [6.45, 7) is 2.74. The summed E-state index contributed by atoms with van der Waals surface area (Å²) in [6.07, 6.45) is 72.6. The molecule has 0 aromatic heterocycles. The molecule has 95 heavy (non-hydrogen) atoms. The molecule has 2 rings (SSSR count). The maximum atomic E-state index is 13.4. The third kappa shape index (κ3) is 48.0. The van der Waals surface area contributed by atoms with Gasteiger partial charge in [-0.3, -0.25) is 4.79 Å². The van der Waals surface area contributed by atoms with Crippen LogP contribution in [0.1, 0.15) is 341 Å². The maximum Gasteiger partial charge on any atom is 0.220 e. The van der Waals surface area contributed by atoms with E-state index in [0.717, 1.165) is 70.6 Å². The number of aliphatic hydroxyl groups excluding tert-OH is 8. The molecule has 554 valence electrons. The highest BCUT2D eigenvalue weighted by atomic mass is 16.7. The number of aliphatic hydroxyl groups is 8. The highest BCUT2D eigenvalue weighted by Gasteiger charge is 2.51. The summed E-state index contributed by atoms with van der Waals surface area (Å²) in [5, 5.41) is 87.7. The Labute approximate surface area is 580 Å². The fourth-order valence-corrected chi connectivity index (χ4v) is 12.9. The zero-order valence-electron chi connectivity index (χ0n) is 60.7. The van der Waals surface area contributed by atoms with Gasteiger partial charge in [0.15, 0.2) is 12.6 Å². The third-order valence-corrected chi connectivity index (χ3v) is 19.1. The molecule has 2 saturated heterocycles. The van der Waals surface area contributed by atoms with Crippen molar-refractivity contribution < 1.29 is 64.6 Å². The number of nitrogens with one attached hydrogen (secondary N) is 1. The summed E-state index contributed by atoms with van der Waals surface area (Å²) < 4.78 is 22.9. The average molecular weight is 1340 g/mol. The molecule has 14 nitrogen and oxygen atoms in total. The largest absolute Gasteiger partial charge is 0.394 e. The summed E-state index contributed by atoms with van der Waals surface area (Å²) in [7, 11) is 0. The Kier molecular flexibility index (Phi) is 60.4. The molecule has 2 fully saturated rings. The summed E-state index contributed by atoms with van der Waals surface area (Å²) >= 11 is 0. The van der Waals surface area contributed by atoms with Crippen molar-refractivity contribution in [3.8, 4) is 0 Å². The second-order valence-electron chi connectivity index (χ2n) is 27.8. The van der Waals surface area contributed by atoms with Crippen LogP contribution in [0.15, 0.2) is 72.9 Å². The SMILES string of the molecule is CC/C=C\C/C=C\C/C=C\C/C=C\C/C=C\CCCCCCCCCCCCCCCCCCCCCC(=O)NC(COC1OC(CO)C(OC2OC(CO)C(O)C(O)C2O)C(O)C1O)C(O)/C=C/CCCCCCCCCCCCCCCCCCCCCCCCCC. The van der Waals surface area contributed by atoms with Crippen molar-refractivity contribution in [2.75, 3.05) is 19.8 Å². The molecule has 2 aliphatic rings. The monoisotopic (exact) mass is 1340 g/mol. The van der Waals surface area contributed by atoms with Crippen LogP contribution in [0.3, 0.4) is 0 Å². The number of unbranched alkanes of at least 4 members (excludes halogenated alkanes) is 43. The van der Waals surface area contributed by atoms with Crippen LogP contribution in [-0.4, -0.2) is 140 Å². The average Bonchev–Trinajstić information content (AvgIpc) is 0.800. The Bertz CT molecular complexity index is 1870. The van der Waals surface area contributed by atoms with Gasteiger partial charge in [0.05, 0.1) is 32.0 Å². The molecule has 1 amide bonds. The number of amides is 1. The normalized spacial score (nSPS) is 22.7. The number of hydrogen-bond donors (Lipinski definition) is 9. The van der Waals surface area contributed by atoms with E-state index in [4.69, 9.17) is 18.9 Å². The summed E-state index contributed by atoms with van der Waals surface area (Å²) in [5.74, 6) is -0.234. The Hall–Kier alpha value is -2.57. The molecule has 0 aliphatic carbocycles. The molecule has 14 heteroatoms. The van der Waals surface area contributed by atoms with Crippen molar-refractivity contribution in [2.24, 2.45) is 0 Å². The molecule has 0 aromatic carbocycles. The van der Waals surface area contributed by atoms with Crippen molar-refractivity contribution in [1.82, 2.24) is 5.32 Å². The molecule has 9 N–H and O–H groups in total. The number of carbonyl (C=O) groups excluding carboxylic acids is 1. The van der Waals surface area contributed by atoms with Crippen LogP contribution in [0.25, 0.3) is 0 Å².